The molecule has 0 atom stereocenters. The Labute approximate surface area is 160 Å². The zero-order chi connectivity index (χ0) is 17.0. The van der Waals surface area contributed by atoms with E-state index in [1.54, 1.807) is 6.07 Å². The first-order valence-corrected chi connectivity index (χ1v) is 9.36. The van der Waals surface area contributed by atoms with E-state index in [1.807, 2.05) is 31.2 Å². The van der Waals surface area contributed by atoms with Crippen LogP contribution >= 0.6 is 47.8 Å². The molecule has 0 fully saturated rings. The normalized spacial score (nSPS) is 10.5. The second kappa shape index (κ2) is 8.31. The molecular formula is C17H15Br3O3. The van der Waals surface area contributed by atoms with Crippen LogP contribution in [0.5, 0.6) is 11.5 Å². The minimum atomic E-state index is -0.454. The van der Waals surface area contributed by atoms with Crippen LogP contribution in [0.2, 0.25) is 0 Å². The van der Waals surface area contributed by atoms with Gasteiger partial charge in [-0.25, -0.2) is 4.79 Å². The first-order valence-electron chi connectivity index (χ1n) is 6.98. The number of carbonyl (C=O) groups is 1. The molecule has 0 aromatic heterocycles. The van der Waals surface area contributed by atoms with Gasteiger partial charge in [0.2, 0.25) is 0 Å². The lowest BCUT2D eigenvalue weighted by Crippen LogP contribution is -2.18. The second-order valence-corrected chi connectivity index (χ2v) is 7.54. The topological polar surface area (TPSA) is 35.5 Å². The largest absolute Gasteiger partial charge is 0.480 e. The molecule has 2 aromatic carbocycles. The summed E-state index contributed by atoms with van der Waals surface area (Å²) in [6, 6.07) is 9.45. The van der Waals surface area contributed by atoms with E-state index < -0.39 is 5.97 Å². The molecule has 23 heavy (non-hydrogen) atoms. The fourth-order valence-electron chi connectivity index (χ4n) is 2.00. The highest BCUT2D eigenvalue weighted by atomic mass is 79.9. The first kappa shape index (κ1) is 18.5. The maximum absolute atomic E-state index is 12.0. The van der Waals surface area contributed by atoms with Gasteiger partial charge in [-0.1, -0.05) is 28.9 Å². The van der Waals surface area contributed by atoms with Gasteiger partial charge in [-0.15, -0.1) is 0 Å². The lowest BCUT2D eigenvalue weighted by Gasteiger charge is -2.12. The van der Waals surface area contributed by atoms with Crippen LogP contribution in [-0.4, -0.2) is 12.6 Å². The average molecular weight is 507 g/mol. The quantitative estimate of drug-likeness (QED) is 0.378. The van der Waals surface area contributed by atoms with Crippen molar-refractivity contribution in [3.8, 4) is 11.5 Å². The Morgan fingerprint density at radius 1 is 1.09 bits per heavy atom. The Hall–Kier alpha value is -0.850. The van der Waals surface area contributed by atoms with E-state index in [1.165, 1.54) is 5.56 Å². The SMILES string of the molecule is CCc1ccc(OC(=O)COc2c(C)cc(Br)cc2Br)c(Br)c1. The van der Waals surface area contributed by atoms with Crippen molar-refractivity contribution in [2.24, 2.45) is 0 Å². The van der Waals surface area contributed by atoms with Crippen LogP contribution in [0.15, 0.2) is 43.7 Å². The molecule has 122 valence electrons. The Bertz CT molecular complexity index is 706. The average Bonchev–Trinajstić information content (AvgIpc) is 2.48. The fraction of sp³-hybridized carbons (Fsp3) is 0.235. The van der Waals surface area contributed by atoms with Gasteiger partial charge >= 0.3 is 5.97 Å². The van der Waals surface area contributed by atoms with E-state index in [-0.39, 0.29) is 6.61 Å². The molecule has 0 unspecified atom stereocenters. The maximum Gasteiger partial charge on any atom is 0.349 e. The molecule has 0 bridgehead atoms. The number of benzene rings is 2. The van der Waals surface area contributed by atoms with Crippen molar-refractivity contribution in [2.75, 3.05) is 6.61 Å². The van der Waals surface area contributed by atoms with Gasteiger partial charge in [-0.3, -0.25) is 0 Å². The van der Waals surface area contributed by atoms with Gasteiger partial charge in [0.15, 0.2) is 6.61 Å². The highest BCUT2D eigenvalue weighted by molar-refractivity contribution is 9.11. The Kier molecular flexibility index (Phi) is 6.68. The van der Waals surface area contributed by atoms with Gasteiger partial charge in [0, 0.05) is 4.47 Å². The summed E-state index contributed by atoms with van der Waals surface area (Å²) in [6.45, 7) is 3.82. The zero-order valence-corrected chi connectivity index (χ0v) is 17.4. The molecule has 0 aliphatic carbocycles. The van der Waals surface area contributed by atoms with Crippen LogP contribution in [0, 0.1) is 6.92 Å². The van der Waals surface area contributed by atoms with E-state index in [2.05, 4.69) is 54.7 Å². The molecule has 2 rings (SSSR count). The molecule has 0 saturated heterocycles. The molecule has 0 saturated carbocycles. The minimum absolute atomic E-state index is 0.164. The Morgan fingerprint density at radius 3 is 2.43 bits per heavy atom. The fourth-order valence-corrected chi connectivity index (χ4v) is 4.06. The van der Waals surface area contributed by atoms with E-state index in [4.69, 9.17) is 9.47 Å². The van der Waals surface area contributed by atoms with Crippen LogP contribution in [0.1, 0.15) is 18.1 Å². The number of hydrogen-bond acceptors (Lipinski definition) is 3. The summed E-state index contributed by atoms with van der Waals surface area (Å²) in [5.74, 6) is 0.664. The summed E-state index contributed by atoms with van der Waals surface area (Å²) in [5, 5.41) is 0. The molecule has 0 radical (unpaired) electrons. The molecule has 0 heterocycles. The van der Waals surface area contributed by atoms with Crippen molar-refractivity contribution in [1.29, 1.82) is 0 Å². The third-order valence-corrected chi connectivity index (χ3v) is 4.82. The number of rotatable bonds is 5. The summed E-state index contributed by atoms with van der Waals surface area (Å²) in [7, 11) is 0. The van der Waals surface area contributed by atoms with Crippen molar-refractivity contribution in [1.82, 2.24) is 0 Å². The summed E-state index contributed by atoms with van der Waals surface area (Å²) in [5.41, 5.74) is 2.09. The molecule has 2 aromatic rings. The summed E-state index contributed by atoms with van der Waals surface area (Å²) in [6.07, 6.45) is 0.923. The van der Waals surface area contributed by atoms with Crippen molar-refractivity contribution in [3.05, 3.63) is 54.9 Å². The van der Waals surface area contributed by atoms with E-state index in [0.29, 0.717) is 11.5 Å². The number of hydrogen-bond donors (Lipinski definition) is 0. The third kappa shape index (κ3) is 5.06. The van der Waals surface area contributed by atoms with Crippen LogP contribution in [-0.2, 0) is 11.2 Å². The van der Waals surface area contributed by atoms with E-state index in [9.17, 15) is 4.79 Å². The van der Waals surface area contributed by atoms with Gasteiger partial charge in [0.25, 0.3) is 0 Å². The summed E-state index contributed by atoms with van der Waals surface area (Å²) < 4.78 is 13.4. The molecule has 0 N–H and O–H groups in total. The lowest BCUT2D eigenvalue weighted by atomic mass is 10.2. The predicted molar refractivity (Wildman–Crippen MR) is 101 cm³/mol. The minimum Gasteiger partial charge on any atom is -0.480 e. The second-order valence-electron chi connectivity index (χ2n) is 4.91. The number of carbonyl (C=O) groups excluding carboxylic acids is 1. The summed E-state index contributed by atoms with van der Waals surface area (Å²) >= 11 is 10.2. The first-order chi connectivity index (χ1) is 10.9. The van der Waals surface area contributed by atoms with Gasteiger partial charge in [0.1, 0.15) is 11.5 Å². The zero-order valence-electron chi connectivity index (χ0n) is 12.7. The maximum atomic E-state index is 12.0. The van der Waals surface area contributed by atoms with Crippen LogP contribution in [0.25, 0.3) is 0 Å². The molecule has 6 heteroatoms. The van der Waals surface area contributed by atoms with E-state index in [0.717, 1.165) is 25.4 Å². The molecular weight excluding hydrogens is 492 g/mol. The predicted octanol–water partition coefficient (Wildman–Crippen LogP) is 5.83. The number of aryl methyl sites for hydroxylation is 2. The van der Waals surface area contributed by atoms with Gasteiger partial charge in [-0.2, -0.15) is 0 Å². The smallest absolute Gasteiger partial charge is 0.349 e. The molecule has 0 spiro atoms. The molecule has 0 aliphatic heterocycles. The number of halogens is 3. The number of esters is 1. The van der Waals surface area contributed by atoms with Crippen molar-refractivity contribution >= 4 is 53.8 Å². The standard InChI is InChI=1S/C17H15Br3O3/c1-3-11-4-5-15(13(19)7-11)23-16(21)9-22-17-10(2)6-12(18)8-14(17)20/h4-8H,3,9H2,1-2H3. The van der Waals surface area contributed by atoms with Crippen molar-refractivity contribution in [2.45, 2.75) is 20.3 Å². The van der Waals surface area contributed by atoms with Crippen molar-refractivity contribution in [3.63, 3.8) is 0 Å². The van der Waals surface area contributed by atoms with Gasteiger partial charge in [0.05, 0.1) is 8.95 Å². The van der Waals surface area contributed by atoms with E-state index >= 15 is 0 Å². The van der Waals surface area contributed by atoms with Crippen molar-refractivity contribution < 1.29 is 14.3 Å². The Morgan fingerprint density at radius 2 is 1.83 bits per heavy atom. The van der Waals surface area contributed by atoms with Gasteiger partial charge < -0.3 is 9.47 Å². The van der Waals surface area contributed by atoms with Crippen LogP contribution in [0.4, 0.5) is 0 Å². The monoisotopic (exact) mass is 504 g/mol. The van der Waals surface area contributed by atoms with Gasteiger partial charge in [-0.05, 0) is 80.6 Å². The summed E-state index contributed by atoms with van der Waals surface area (Å²) in [4.78, 5) is 12.0. The Balaban J connectivity index is 2.01. The number of ether oxygens (including phenoxy) is 2. The highest BCUT2D eigenvalue weighted by Gasteiger charge is 2.12. The third-order valence-electron chi connectivity index (χ3n) is 3.16. The molecule has 3 nitrogen and oxygen atoms in total. The molecule has 0 aliphatic rings. The molecule has 0 amide bonds. The lowest BCUT2D eigenvalue weighted by molar-refractivity contribution is -0.136. The highest BCUT2D eigenvalue weighted by Crippen LogP contribution is 2.32. The van der Waals surface area contributed by atoms with Crippen LogP contribution < -0.4 is 9.47 Å². The van der Waals surface area contributed by atoms with Crippen LogP contribution in [0.3, 0.4) is 0 Å².